The van der Waals surface area contributed by atoms with Crippen LogP contribution in [0.5, 0.6) is 5.75 Å². The quantitative estimate of drug-likeness (QED) is 0.918. The van der Waals surface area contributed by atoms with Crippen molar-refractivity contribution in [2.24, 2.45) is 0 Å². The minimum absolute atomic E-state index is 0.0891. The topological polar surface area (TPSA) is 51.5 Å². The SMILES string of the molecule is Cc1ccc(Cl)c(OCC(=O)N[C@H](C)c2ccco2)c1. The predicted octanol–water partition coefficient (Wildman–Crippen LogP) is 3.50. The molecule has 0 unspecified atom stereocenters. The number of hydrogen-bond acceptors (Lipinski definition) is 3. The molecule has 0 aliphatic rings. The third-order valence-corrected chi connectivity index (χ3v) is 3.11. The van der Waals surface area contributed by atoms with Crippen molar-refractivity contribution in [2.75, 3.05) is 6.61 Å². The Bertz CT molecular complexity index is 581. The summed E-state index contributed by atoms with van der Waals surface area (Å²) >= 11 is 5.99. The molecule has 20 heavy (non-hydrogen) atoms. The number of amides is 1. The molecule has 106 valence electrons. The number of aryl methyl sites for hydroxylation is 1. The minimum Gasteiger partial charge on any atom is -0.482 e. The molecule has 1 atom stereocenters. The van der Waals surface area contributed by atoms with Crippen LogP contribution in [-0.4, -0.2) is 12.5 Å². The van der Waals surface area contributed by atoms with Gasteiger partial charge in [0.2, 0.25) is 0 Å². The van der Waals surface area contributed by atoms with Crippen molar-refractivity contribution in [1.29, 1.82) is 0 Å². The van der Waals surface area contributed by atoms with E-state index in [0.717, 1.165) is 5.56 Å². The third-order valence-electron chi connectivity index (χ3n) is 2.79. The highest BCUT2D eigenvalue weighted by Crippen LogP contribution is 2.25. The average molecular weight is 294 g/mol. The fraction of sp³-hybridized carbons (Fsp3) is 0.267. The lowest BCUT2D eigenvalue weighted by Crippen LogP contribution is -2.31. The summed E-state index contributed by atoms with van der Waals surface area (Å²) in [7, 11) is 0. The van der Waals surface area contributed by atoms with Crippen molar-refractivity contribution in [3.8, 4) is 5.75 Å². The summed E-state index contributed by atoms with van der Waals surface area (Å²) in [4.78, 5) is 11.8. The van der Waals surface area contributed by atoms with Crippen LogP contribution < -0.4 is 10.1 Å². The van der Waals surface area contributed by atoms with Crippen LogP contribution in [0.3, 0.4) is 0 Å². The van der Waals surface area contributed by atoms with Crippen LogP contribution in [0.2, 0.25) is 5.02 Å². The molecule has 0 spiro atoms. The van der Waals surface area contributed by atoms with E-state index in [-0.39, 0.29) is 18.6 Å². The lowest BCUT2D eigenvalue weighted by molar-refractivity contribution is -0.123. The molecule has 0 aliphatic carbocycles. The maximum Gasteiger partial charge on any atom is 0.258 e. The Kier molecular flexibility index (Phi) is 4.69. The highest BCUT2D eigenvalue weighted by molar-refractivity contribution is 6.32. The zero-order valence-corrected chi connectivity index (χ0v) is 12.1. The number of nitrogens with one attached hydrogen (secondary N) is 1. The summed E-state index contributed by atoms with van der Waals surface area (Å²) in [6, 6.07) is 8.81. The molecule has 1 heterocycles. The van der Waals surface area contributed by atoms with Crippen molar-refractivity contribution in [3.05, 3.63) is 52.9 Å². The summed E-state index contributed by atoms with van der Waals surface area (Å²) in [5.74, 6) is 0.978. The molecule has 4 nitrogen and oxygen atoms in total. The van der Waals surface area contributed by atoms with Gasteiger partial charge in [-0.25, -0.2) is 0 Å². The minimum atomic E-state index is -0.230. The summed E-state index contributed by atoms with van der Waals surface area (Å²) in [6.07, 6.45) is 1.57. The second-order valence-corrected chi connectivity index (χ2v) is 4.93. The molecule has 1 amide bonds. The Morgan fingerprint density at radius 3 is 2.95 bits per heavy atom. The number of halogens is 1. The Morgan fingerprint density at radius 2 is 2.25 bits per heavy atom. The molecule has 5 heteroatoms. The molecular formula is C15H16ClNO3. The van der Waals surface area contributed by atoms with Gasteiger partial charge in [0.05, 0.1) is 17.3 Å². The van der Waals surface area contributed by atoms with Gasteiger partial charge < -0.3 is 14.5 Å². The van der Waals surface area contributed by atoms with Crippen LogP contribution >= 0.6 is 11.6 Å². The predicted molar refractivity (Wildman–Crippen MR) is 76.9 cm³/mol. The molecule has 0 saturated carbocycles. The fourth-order valence-corrected chi connectivity index (χ4v) is 1.93. The van der Waals surface area contributed by atoms with Crippen LogP contribution in [0, 0.1) is 6.92 Å². The van der Waals surface area contributed by atoms with E-state index in [2.05, 4.69) is 5.32 Å². The smallest absolute Gasteiger partial charge is 0.258 e. The molecule has 1 N–H and O–H groups in total. The van der Waals surface area contributed by atoms with Gasteiger partial charge in [-0.2, -0.15) is 0 Å². The van der Waals surface area contributed by atoms with Crippen LogP contribution in [0.25, 0.3) is 0 Å². The number of carbonyl (C=O) groups excluding carboxylic acids is 1. The molecule has 0 aliphatic heterocycles. The van der Waals surface area contributed by atoms with E-state index in [0.29, 0.717) is 16.5 Å². The van der Waals surface area contributed by atoms with E-state index in [1.807, 2.05) is 26.0 Å². The zero-order valence-electron chi connectivity index (χ0n) is 11.4. The number of carbonyl (C=O) groups is 1. The summed E-state index contributed by atoms with van der Waals surface area (Å²) < 4.78 is 10.6. The number of hydrogen-bond donors (Lipinski definition) is 1. The van der Waals surface area contributed by atoms with Crippen LogP contribution in [-0.2, 0) is 4.79 Å². The number of furan rings is 1. The summed E-state index contributed by atoms with van der Waals surface area (Å²) in [5.41, 5.74) is 1.02. The molecule has 2 rings (SSSR count). The van der Waals surface area contributed by atoms with E-state index in [9.17, 15) is 4.79 Å². The van der Waals surface area contributed by atoms with E-state index < -0.39 is 0 Å². The number of rotatable bonds is 5. The van der Waals surface area contributed by atoms with Crippen molar-refractivity contribution in [3.63, 3.8) is 0 Å². The van der Waals surface area contributed by atoms with E-state index >= 15 is 0 Å². The van der Waals surface area contributed by atoms with Crippen molar-refractivity contribution < 1.29 is 13.9 Å². The Hall–Kier alpha value is -1.94. The second kappa shape index (κ2) is 6.48. The van der Waals surface area contributed by atoms with Gasteiger partial charge in [0.25, 0.3) is 5.91 Å². The van der Waals surface area contributed by atoms with Crippen molar-refractivity contribution in [2.45, 2.75) is 19.9 Å². The molecule has 0 fully saturated rings. The highest BCUT2D eigenvalue weighted by atomic mass is 35.5. The fourth-order valence-electron chi connectivity index (χ4n) is 1.76. The standard InChI is InChI=1S/C15H16ClNO3/c1-10-5-6-12(16)14(8-10)20-9-15(18)17-11(2)13-4-3-7-19-13/h3-8,11H,9H2,1-2H3,(H,17,18)/t11-/m1/s1. The molecule has 0 bridgehead atoms. The van der Waals surface area contributed by atoms with Gasteiger partial charge in [-0.05, 0) is 43.7 Å². The van der Waals surface area contributed by atoms with Gasteiger partial charge in [-0.1, -0.05) is 17.7 Å². The van der Waals surface area contributed by atoms with Gasteiger partial charge in [0.1, 0.15) is 11.5 Å². The summed E-state index contributed by atoms with van der Waals surface area (Å²) in [5, 5.41) is 3.27. The Labute approximate surface area is 122 Å². The number of ether oxygens (including phenoxy) is 1. The van der Waals surface area contributed by atoms with Crippen LogP contribution in [0.4, 0.5) is 0 Å². The zero-order chi connectivity index (χ0) is 14.5. The Morgan fingerprint density at radius 1 is 1.45 bits per heavy atom. The lowest BCUT2D eigenvalue weighted by atomic mass is 10.2. The molecule has 1 aromatic heterocycles. The van der Waals surface area contributed by atoms with Crippen LogP contribution in [0.15, 0.2) is 41.0 Å². The van der Waals surface area contributed by atoms with Gasteiger partial charge in [0, 0.05) is 0 Å². The second-order valence-electron chi connectivity index (χ2n) is 4.53. The maximum atomic E-state index is 11.8. The summed E-state index contributed by atoms with van der Waals surface area (Å²) in [6.45, 7) is 3.69. The largest absolute Gasteiger partial charge is 0.482 e. The van der Waals surface area contributed by atoms with Crippen molar-refractivity contribution >= 4 is 17.5 Å². The molecule has 0 saturated heterocycles. The Balaban J connectivity index is 1.87. The molecule has 1 aromatic carbocycles. The average Bonchev–Trinajstić information content (AvgIpc) is 2.94. The first-order valence-electron chi connectivity index (χ1n) is 6.28. The van der Waals surface area contributed by atoms with Gasteiger partial charge in [-0.3, -0.25) is 4.79 Å². The van der Waals surface area contributed by atoms with Crippen LogP contribution in [0.1, 0.15) is 24.3 Å². The van der Waals surface area contributed by atoms with Crippen molar-refractivity contribution in [1.82, 2.24) is 5.32 Å². The third kappa shape index (κ3) is 3.78. The van der Waals surface area contributed by atoms with E-state index in [1.165, 1.54) is 0 Å². The molecule has 0 radical (unpaired) electrons. The highest BCUT2D eigenvalue weighted by Gasteiger charge is 2.12. The van der Waals surface area contributed by atoms with E-state index in [1.54, 1.807) is 24.5 Å². The van der Waals surface area contributed by atoms with Gasteiger partial charge >= 0.3 is 0 Å². The first-order valence-corrected chi connectivity index (χ1v) is 6.66. The van der Waals surface area contributed by atoms with E-state index in [4.69, 9.17) is 20.8 Å². The molecular weight excluding hydrogens is 278 g/mol. The number of benzene rings is 1. The lowest BCUT2D eigenvalue weighted by Gasteiger charge is -2.13. The van der Waals surface area contributed by atoms with Gasteiger partial charge in [0.15, 0.2) is 6.61 Å². The van der Waals surface area contributed by atoms with Gasteiger partial charge in [-0.15, -0.1) is 0 Å². The first-order chi connectivity index (χ1) is 9.56. The normalized spacial score (nSPS) is 11.9. The monoisotopic (exact) mass is 293 g/mol. The maximum absolute atomic E-state index is 11.8. The molecule has 2 aromatic rings. The first kappa shape index (κ1) is 14.5.